The van der Waals surface area contributed by atoms with Crippen LogP contribution >= 0.6 is 0 Å². The average molecular weight is 284 g/mol. The molecule has 0 aromatic heterocycles. The Morgan fingerprint density at radius 3 is 2.58 bits per heavy atom. The topological polar surface area (TPSA) is 72.2 Å². The van der Waals surface area contributed by atoms with Gasteiger partial charge in [-0.1, -0.05) is 19.1 Å². The molecular formula is C13H20N2O3S. The van der Waals surface area contributed by atoms with Gasteiger partial charge in [-0.2, -0.15) is 0 Å². The minimum absolute atomic E-state index is 0.0422. The van der Waals surface area contributed by atoms with E-state index in [1.807, 2.05) is 13.8 Å². The largest absolute Gasteiger partial charge is 0.313 e. The van der Waals surface area contributed by atoms with Crippen molar-refractivity contribution in [1.82, 2.24) is 5.32 Å². The first-order valence-corrected chi connectivity index (χ1v) is 7.57. The van der Waals surface area contributed by atoms with Gasteiger partial charge in [-0.05, 0) is 32.9 Å². The highest BCUT2D eigenvalue weighted by Crippen LogP contribution is 2.24. The van der Waals surface area contributed by atoms with E-state index in [0.717, 1.165) is 13.0 Å². The van der Waals surface area contributed by atoms with E-state index in [-0.39, 0.29) is 17.0 Å². The van der Waals surface area contributed by atoms with Gasteiger partial charge in [0.1, 0.15) is 4.90 Å². The molecule has 3 unspecified atom stereocenters. The highest BCUT2D eigenvalue weighted by molar-refractivity contribution is 7.85. The lowest BCUT2D eigenvalue weighted by atomic mass is 10.2. The van der Waals surface area contributed by atoms with Gasteiger partial charge in [0.15, 0.2) is 0 Å². The Hall–Kier alpha value is -1.27. The molecule has 0 bridgehead atoms. The molecule has 0 spiro atoms. The van der Waals surface area contributed by atoms with Crippen LogP contribution in [0.25, 0.3) is 0 Å². The Labute approximate surface area is 116 Å². The number of para-hydroxylation sites is 1. The molecule has 0 aliphatic rings. The van der Waals surface area contributed by atoms with Gasteiger partial charge in [-0.3, -0.25) is 14.3 Å². The number of hydrogen-bond donors (Lipinski definition) is 1. The van der Waals surface area contributed by atoms with Crippen LogP contribution in [0.2, 0.25) is 0 Å². The van der Waals surface area contributed by atoms with Crippen LogP contribution in [0, 0.1) is 10.1 Å². The van der Waals surface area contributed by atoms with Crippen molar-refractivity contribution in [3.63, 3.8) is 0 Å². The van der Waals surface area contributed by atoms with Crippen LogP contribution in [0.1, 0.15) is 27.2 Å². The van der Waals surface area contributed by atoms with E-state index in [1.165, 1.54) is 6.07 Å². The fourth-order valence-electron chi connectivity index (χ4n) is 1.70. The molecule has 0 saturated heterocycles. The van der Waals surface area contributed by atoms with Gasteiger partial charge in [-0.15, -0.1) is 0 Å². The number of benzene rings is 1. The molecule has 1 aromatic rings. The molecule has 0 saturated carbocycles. The van der Waals surface area contributed by atoms with E-state index in [9.17, 15) is 14.3 Å². The van der Waals surface area contributed by atoms with E-state index in [1.54, 1.807) is 18.2 Å². The van der Waals surface area contributed by atoms with Crippen LogP contribution in [0.15, 0.2) is 29.2 Å². The molecule has 5 nitrogen and oxygen atoms in total. The second-order valence-corrected chi connectivity index (χ2v) is 6.25. The Kier molecular flexibility index (Phi) is 6.11. The molecule has 1 N–H and O–H groups in total. The number of nitro benzene ring substituents is 1. The average Bonchev–Trinajstić information content (AvgIpc) is 2.42. The summed E-state index contributed by atoms with van der Waals surface area (Å²) in [5.74, 6) is 0. The van der Waals surface area contributed by atoms with Crippen LogP contribution < -0.4 is 5.32 Å². The smallest absolute Gasteiger partial charge is 0.285 e. The summed E-state index contributed by atoms with van der Waals surface area (Å²) >= 11 is 0. The van der Waals surface area contributed by atoms with Gasteiger partial charge in [-0.25, -0.2) is 0 Å². The SMILES string of the molecule is CCCNC(C)C(C)S(=O)c1ccccc1[N+](=O)[O-]. The second kappa shape index (κ2) is 7.35. The summed E-state index contributed by atoms with van der Waals surface area (Å²) in [5, 5.41) is 14.0. The van der Waals surface area contributed by atoms with E-state index in [2.05, 4.69) is 12.2 Å². The number of nitro groups is 1. The van der Waals surface area contributed by atoms with Crippen molar-refractivity contribution in [1.29, 1.82) is 0 Å². The van der Waals surface area contributed by atoms with Crippen LogP contribution in [0.4, 0.5) is 5.69 Å². The molecule has 0 aliphatic heterocycles. The minimum Gasteiger partial charge on any atom is -0.313 e. The van der Waals surface area contributed by atoms with Gasteiger partial charge in [0.25, 0.3) is 5.69 Å². The third kappa shape index (κ3) is 4.11. The molecule has 0 aliphatic carbocycles. The lowest BCUT2D eigenvalue weighted by molar-refractivity contribution is -0.387. The first-order valence-electron chi connectivity index (χ1n) is 6.36. The summed E-state index contributed by atoms with van der Waals surface area (Å²) < 4.78 is 12.4. The maximum Gasteiger partial charge on any atom is 0.285 e. The van der Waals surface area contributed by atoms with Gasteiger partial charge >= 0.3 is 0 Å². The van der Waals surface area contributed by atoms with Gasteiger partial charge in [0, 0.05) is 12.1 Å². The number of rotatable bonds is 7. The molecule has 0 amide bonds. The molecule has 0 heterocycles. The zero-order valence-electron chi connectivity index (χ0n) is 11.5. The lowest BCUT2D eigenvalue weighted by Crippen LogP contribution is -2.38. The Morgan fingerprint density at radius 2 is 2.00 bits per heavy atom. The van der Waals surface area contributed by atoms with E-state index >= 15 is 0 Å². The third-order valence-electron chi connectivity index (χ3n) is 3.04. The van der Waals surface area contributed by atoms with Crippen molar-refractivity contribution in [2.24, 2.45) is 0 Å². The first kappa shape index (κ1) is 15.8. The van der Waals surface area contributed by atoms with Crippen LogP contribution in [-0.4, -0.2) is 27.0 Å². The zero-order chi connectivity index (χ0) is 14.4. The van der Waals surface area contributed by atoms with Gasteiger partial charge in [0.05, 0.1) is 21.0 Å². The van der Waals surface area contributed by atoms with Gasteiger partial charge < -0.3 is 5.32 Å². The summed E-state index contributed by atoms with van der Waals surface area (Å²) in [7, 11) is -1.40. The fraction of sp³-hybridized carbons (Fsp3) is 0.538. The molecule has 1 aromatic carbocycles. The summed E-state index contributed by atoms with van der Waals surface area (Å²) in [5.41, 5.74) is -0.0737. The Morgan fingerprint density at radius 1 is 1.37 bits per heavy atom. The van der Waals surface area contributed by atoms with Gasteiger partial charge in [0.2, 0.25) is 0 Å². The molecule has 106 valence electrons. The summed E-state index contributed by atoms with van der Waals surface area (Å²) in [6.45, 7) is 6.70. The maximum absolute atomic E-state index is 12.4. The molecular weight excluding hydrogens is 264 g/mol. The second-order valence-electron chi connectivity index (χ2n) is 4.47. The van der Waals surface area contributed by atoms with E-state index in [4.69, 9.17) is 0 Å². The maximum atomic E-state index is 12.4. The van der Waals surface area contributed by atoms with Crippen molar-refractivity contribution in [2.75, 3.05) is 6.54 Å². The fourth-order valence-corrected chi connectivity index (χ4v) is 3.13. The highest BCUT2D eigenvalue weighted by atomic mass is 32.2. The van der Waals surface area contributed by atoms with E-state index in [0.29, 0.717) is 4.90 Å². The van der Waals surface area contributed by atoms with E-state index < -0.39 is 15.7 Å². The predicted molar refractivity (Wildman–Crippen MR) is 76.7 cm³/mol. The third-order valence-corrected chi connectivity index (χ3v) is 4.90. The molecule has 1 rings (SSSR count). The van der Waals surface area contributed by atoms with Crippen molar-refractivity contribution in [2.45, 2.75) is 43.4 Å². The van der Waals surface area contributed by atoms with Crippen molar-refractivity contribution >= 4 is 16.5 Å². The zero-order valence-corrected chi connectivity index (χ0v) is 12.3. The Balaban J connectivity index is 2.91. The monoisotopic (exact) mass is 284 g/mol. The molecule has 0 radical (unpaired) electrons. The summed E-state index contributed by atoms with van der Waals surface area (Å²) in [4.78, 5) is 10.8. The molecule has 6 heteroatoms. The molecule has 3 atom stereocenters. The predicted octanol–water partition coefficient (Wildman–Crippen LogP) is 2.48. The van der Waals surface area contributed by atoms with Crippen LogP contribution in [0.3, 0.4) is 0 Å². The first-order chi connectivity index (χ1) is 8.99. The van der Waals surface area contributed by atoms with Crippen molar-refractivity contribution in [3.05, 3.63) is 34.4 Å². The normalized spacial score (nSPS) is 15.7. The molecule has 19 heavy (non-hydrogen) atoms. The van der Waals surface area contributed by atoms with Crippen molar-refractivity contribution < 1.29 is 9.13 Å². The number of nitrogens with one attached hydrogen (secondary N) is 1. The van der Waals surface area contributed by atoms with Crippen LogP contribution in [-0.2, 0) is 10.8 Å². The van der Waals surface area contributed by atoms with Crippen LogP contribution in [0.5, 0.6) is 0 Å². The Bertz CT molecular complexity index is 465. The quantitative estimate of drug-likeness (QED) is 0.616. The number of hydrogen-bond acceptors (Lipinski definition) is 4. The summed E-state index contributed by atoms with van der Waals surface area (Å²) in [6, 6.07) is 6.27. The minimum atomic E-state index is -1.40. The lowest BCUT2D eigenvalue weighted by Gasteiger charge is -2.20. The standard InChI is InChI=1S/C13H20N2O3S/c1-4-9-14-10(2)11(3)19(18)13-8-6-5-7-12(13)15(16)17/h5-8,10-11,14H,4,9H2,1-3H3. The number of nitrogens with zero attached hydrogens (tertiary/aromatic N) is 1. The summed E-state index contributed by atoms with van der Waals surface area (Å²) in [6.07, 6.45) is 0.995. The molecule has 0 fully saturated rings. The highest BCUT2D eigenvalue weighted by Gasteiger charge is 2.25. The van der Waals surface area contributed by atoms with Crippen molar-refractivity contribution in [3.8, 4) is 0 Å².